The van der Waals surface area contributed by atoms with Crippen LogP contribution < -0.4 is 4.43 Å². The van der Waals surface area contributed by atoms with Crippen LogP contribution >= 0.6 is 0 Å². The van der Waals surface area contributed by atoms with Gasteiger partial charge in [-0.1, -0.05) is 53.7 Å². The van der Waals surface area contributed by atoms with Gasteiger partial charge in [0.05, 0.1) is 6.10 Å². The molecule has 0 heterocycles. The van der Waals surface area contributed by atoms with Crippen LogP contribution in [0.4, 0.5) is 0 Å². The number of benzene rings is 1. The summed E-state index contributed by atoms with van der Waals surface area (Å²) >= 11 is 0. The van der Waals surface area contributed by atoms with Gasteiger partial charge in [-0.05, 0) is 41.2 Å². The highest BCUT2D eigenvalue weighted by atomic mass is 28.4. The van der Waals surface area contributed by atoms with Crippen molar-refractivity contribution in [3.05, 3.63) is 29.8 Å². The predicted octanol–water partition coefficient (Wildman–Crippen LogP) is 4.66. The molecule has 0 aliphatic rings. The molecule has 0 saturated carbocycles. The SMILES string of the molecule is CC(O)C(O)c1ccc(O[Si](C(C)C)(C(C)C)C(C)C)cc1. The van der Waals surface area contributed by atoms with Crippen LogP contribution in [0, 0.1) is 0 Å². The molecular formula is C18H32O3Si. The van der Waals surface area contributed by atoms with E-state index in [1.807, 2.05) is 24.3 Å². The van der Waals surface area contributed by atoms with Crippen molar-refractivity contribution in [3.8, 4) is 5.75 Å². The van der Waals surface area contributed by atoms with Crippen LogP contribution in [0.1, 0.15) is 60.1 Å². The summed E-state index contributed by atoms with van der Waals surface area (Å²) in [4.78, 5) is 0. The Balaban J connectivity index is 3.05. The van der Waals surface area contributed by atoms with E-state index in [1.54, 1.807) is 6.92 Å². The van der Waals surface area contributed by atoms with Crippen LogP contribution in [0.25, 0.3) is 0 Å². The summed E-state index contributed by atoms with van der Waals surface area (Å²) in [5, 5.41) is 19.4. The van der Waals surface area contributed by atoms with E-state index in [2.05, 4.69) is 41.5 Å². The lowest BCUT2D eigenvalue weighted by Crippen LogP contribution is -2.50. The van der Waals surface area contributed by atoms with Crippen molar-refractivity contribution in [3.63, 3.8) is 0 Å². The molecule has 0 fully saturated rings. The molecule has 1 aromatic rings. The normalized spacial score (nSPS) is 15.5. The lowest BCUT2D eigenvalue weighted by molar-refractivity contribution is 0.0305. The van der Waals surface area contributed by atoms with Gasteiger partial charge in [0.25, 0.3) is 8.32 Å². The lowest BCUT2D eigenvalue weighted by atomic mass is 10.1. The van der Waals surface area contributed by atoms with Crippen molar-refractivity contribution in [2.75, 3.05) is 0 Å². The molecule has 1 aromatic carbocycles. The first-order valence-corrected chi connectivity index (χ1v) is 10.4. The van der Waals surface area contributed by atoms with Crippen LogP contribution in [0.3, 0.4) is 0 Å². The highest BCUT2D eigenvalue weighted by molar-refractivity contribution is 6.78. The fourth-order valence-corrected chi connectivity index (χ4v) is 8.82. The van der Waals surface area contributed by atoms with Gasteiger partial charge in [-0.3, -0.25) is 0 Å². The summed E-state index contributed by atoms with van der Waals surface area (Å²) < 4.78 is 6.58. The molecule has 2 atom stereocenters. The molecule has 2 N–H and O–H groups in total. The molecule has 0 amide bonds. The average Bonchev–Trinajstić information content (AvgIpc) is 2.43. The molecular weight excluding hydrogens is 292 g/mol. The van der Waals surface area contributed by atoms with Gasteiger partial charge in [0.1, 0.15) is 11.9 Å². The fraction of sp³-hybridized carbons (Fsp3) is 0.667. The van der Waals surface area contributed by atoms with Crippen molar-refractivity contribution in [1.82, 2.24) is 0 Å². The van der Waals surface area contributed by atoms with E-state index in [0.29, 0.717) is 22.2 Å². The Morgan fingerprint density at radius 3 is 1.50 bits per heavy atom. The maximum absolute atomic E-state index is 9.90. The summed E-state index contributed by atoms with van der Waals surface area (Å²) in [7, 11) is -1.95. The van der Waals surface area contributed by atoms with Gasteiger partial charge in [0.15, 0.2) is 0 Å². The zero-order valence-corrected chi connectivity index (χ0v) is 16.0. The predicted molar refractivity (Wildman–Crippen MR) is 94.8 cm³/mol. The Morgan fingerprint density at radius 1 is 0.773 bits per heavy atom. The Kier molecular flexibility index (Phi) is 6.65. The van der Waals surface area contributed by atoms with E-state index in [1.165, 1.54) is 0 Å². The first kappa shape index (κ1) is 19.2. The summed E-state index contributed by atoms with van der Waals surface area (Å²) in [5.41, 5.74) is 2.29. The molecule has 2 unspecified atom stereocenters. The van der Waals surface area contributed by atoms with Crippen LogP contribution in [0.2, 0.25) is 16.6 Å². The number of aliphatic hydroxyl groups excluding tert-OH is 2. The molecule has 126 valence electrons. The molecule has 22 heavy (non-hydrogen) atoms. The second-order valence-electron chi connectivity index (χ2n) is 7.17. The van der Waals surface area contributed by atoms with Crippen LogP contribution in [-0.2, 0) is 0 Å². The third kappa shape index (κ3) is 3.92. The highest BCUT2D eigenvalue weighted by Crippen LogP contribution is 2.42. The quantitative estimate of drug-likeness (QED) is 0.717. The molecule has 1 rings (SSSR count). The molecule has 0 spiro atoms. The molecule has 0 radical (unpaired) electrons. The van der Waals surface area contributed by atoms with Gasteiger partial charge in [-0.25, -0.2) is 0 Å². The van der Waals surface area contributed by atoms with Crippen molar-refractivity contribution in [2.45, 2.75) is 77.3 Å². The fourth-order valence-electron chi connectivity index (χ4n) is 3.57. The van der Waals surface area contributed by atoms with Gasteiger partial charge in [-0.15, -0.1) is 0 Å². The number of aliphatic hydroxyl groups is 2. The minimum atomic E-state index is -1.95. The zero-order chi connectivity index (χ0) is 17.1. The largest absolute Gasteiger partial charge is 0.543 e. The molecule has 0 bridgehead atoms. The molecule has 0 aliphatic carbocycles. The van der Waals surface area contributed by atoms with Crippen LogP contribution in [-0.4, -0.2) is 24.6 Å². The molecule has 0 aliphatic heterocycles. The minimum Gasteiger partial charge on any atom is -0.543 e. The van der Waals surface area contributed by atoms with Crippen LogP contribution in [0.15, 0.2) is 24.3 Å². The Hall–Kier alpha value is -0.843. The van der Waals surface area contributed by atoms with Gasteiger partial charge < -0.3 is 14.6 Å². The van der Waals surface area contributed by atoms with Gasteiger partial charge in [0, 0.05) is 0 Å². The second kappa shape index (κ2) is 7.62. The van der Waals surface area contributed by atoms with Crippen molar-refractivity contribution in [2.24, 2.45) is 0 Å². The Morgan fingerprint density at radius 2 is 1.18 bits per heavy atom. The van der Waals surface area contributed by atoms with E-state index >= 15 is 0 Å². The third-order valence-electron chi connectivity index (χ3n) is 4.68. The highest BCUT2D eigenvalue weighted by Gasteiger charge is 2.46. The van der Waals surface area contributed by atoms with E-state index in [0.717, 1.165) is 5.75 Å². The molecule has 0 saturated heterocycles. The van der Waals surface area contributed by atoms with E-state index in [4.69, 9.17) is 4.43 Å². The summed E-state index contributed by atoms with van der Waals surface area (Å²) in [6, 6.07) is 7.51. The minimum absolute atomic E-state index is 0.523. The first-order valence-electron chi connectivity index (χ1n) is 8.28. The second-order valence-corrected chi connectivity index (χ2v) is 12.5. The van der Waals surface area contributed by atoms with Gasteiger partial charge >= 0.3 is 0 Å². The monoisotopic (exact) mass is 324 g/mol. The first-order chi connectivity index (χ1) is 10.1. The molecule has 4 heteroatoms. The number of rotatable bonds is 7. The standard InChI is InChI=1S/C18H32O3Si/c1-12(2)22(13(3)4,14(5)6)21-17-10-8-16(9-11-17)18(20)15(7)19/h8-15,18-20H,1-7H3. The molecule has 3 nitrogen and oxygen atoms in total. The Labute approximate surface area is 136 Å². The van der Waals surface area contributed by atoms with E-state index < -0.39 is 20.5 Å². The number of hydrogen-bond donors (Lipinski definition) is 2. The Bertz CT molecular complexity index is 430. The average molecular weight is 325 g/mol. The smallest absolute Gasteiger partial charge is 0.258 e. The lowest BCUT2D eigenvalue weighted by Gasteiger charge is -2.42. The van der Waals surface area contributed by atoms with Crippen molar-refractivity contribution >= 4 is 8.32 Å². The summed E-state index contributed by atoms with van der Waals surface area (Å²) in [6.07, 6.45) is -1.63. The maximum atomic E-state index is 9.90. The zero-order valence-electron chi connectivity index (χ0n) is 15.0. The van der Waals surface area contributed by atoms with Crippen molar-refractivity contribution < 1.29 is 14.6 Å². The van der Waals surface area contributed by atoms with Crippen LogP contribution in [0.5, 0.6) is 5.75 Å². The van der Waals surface area contributed by atoms with Gasteiger partial charge in [0.2, 0.25) is 0 Å². The third-order valence-corrected chi connectivity index (χ3v) is 10.7. The summed E-state index contributed by atoms with van der Waals surface area (Å²) in [6.45, 7) is 15.2. The summed E-state index contributed by atoms with van der Waals surface area (Å²) in [5.74, 6) is 0.865. The van der Waals surface area contributed by atoms with Gasteiger partial charge in [-0.2, -0.15) is 0 Å². The van der Waals surface area contributed by atoms with Crippen molar-refractivity contribution in [1.29, 1.82) is 0 Å². The number of hydrogen-bond acceptors (Lipinski definition) is 3. The van der Waals surface area contributed by atoms with E-state index in [9.17, 15) is 10.2 Å². The molecule has 0 aromatic heterocycles. The van der Waals surface area contributed by atoms with E-state index in [-0.39, 0.29) is 0 Å². The maximum Gasteiger partial charge on any atom is 0.258 e. The topological polar surface area (TPSA) is 49.7 Å².